The first-order valence-electron chi connectivity index (χ1n) is 5.11. The van der Waals surface area contributed by atoms with Crippen LogP contribution in [0.4, 0.5) is 0 Å². The molecule has 0 aliphatic heterocycles. The van der Waals surface area contributed by atoms with Crippen LogP contribution in [0.2, 0.25) is 0 Å². The third-order valence-corrected chi connectivity index (χ3v) is 2.68. The van der Waals surface area contributed by atoms with Crippen LogP contribution in [0.25, 0.3) is 0 Å². The number of unbranched alkanes of at least 4 members (excludes halogenated alkanes) is 3. The first kappa shape index (κ1) is 15.1. The second-order valence-electron chi connectivity index (χ2n) is 3.62. The Labute approximate surface area is 96.2 Å². The van der Waals surface area contributed by atoms with Gasteiger partial charge in [0, 0.05) is 5.57 Å². The van der Waals surface area contributed by atoms with Crippen LogP contribution in [0.3, 0.4) is 0 Å². The van der Waals surface area contributed by atoms with Crippen LogP contribution in [-0.2, 0) is 19.6 Å². The van der Waals surface area contributed by atoms with Crippen LogP contribution < -0.4 is 0 Å². The van der Waals surface area contributed by atoms with Crippen LogP contribution in [-0.4, -0.2) is 31.3 Å². The Balaban J connectivity index is 3.35. The molecule has 1 N–H and O–H groups in total. The van der Waals surface area contributed by atoms with Gasteiger partial charge in [-0.25, -0.2) is 4.79 Å². The van der Waals surface area contributed by atoms with Crippen LogP contribution in [0.1, 0.15) is 32.6 Å². The number of esters is 1. The Morgan fingerprint density at radius 1 is 1.25 bits per heavy atom. The number of carbonyl (C=O) groups excluding carboxylic acids is 1. The molecule has 0 fully saturated rings. The molecule has 0 saturated heterocycles. The van der Waals surface area contributed by atoms with E-state index in [0.29, 0.717) is 31.4 Å². The van der Waals surface area contributed by atoms with E-state index in [1.165, 1.54) is 0 Å². The molecule has 6 heteroatoms. The zero-order chi connectivity index (χ0) is 12.6. The van der Waals surface area contributed by atoms with Crippen LogP contribution in [0, 0.1) is 0 Å². The fourth-order valence-electron chi connectivity index (χ4n) is 1.03. The van der Waals surface area contributed by atoms with Gasteiger partial charge in [-0.15, -0.1) is 0 Å². The largest absolute Gasteiger partial charge is 0.462 e. The molecule has 16 heavy (non-hydrogen) atoms. The number of ether oxygens (including phenoxy) is 1. The maximum Gasteiger partial charge on any atom is 0.333 e. The second kappa shape index (κ2) is 7.40. The van der Waals surface area contributed by atoms with Gasteiger partial charge < -0.3 is 4.74 Å². The van der Waals surface area contributed by atoms with Gasteiger partial charge in [0.05, 0.1) is 12.4 Å². The van der Waals surface area contributed by atoms with Crippen molar-refractivity contribution in [1.29, 1.82) is 0 Å². The van der Waals surface area contributed by atoms with E-state index in [1.807, 2.05) is 0 Å². The minimum atomic E-state index is -3.84. The van der Waals surface area contributed by atoms with Crippen molar-refractivity contribution in [3.05, 3.63) is 12.2 Å². The minimum Gasteiger partial charge on any atom is -0.462 e. The van der Waals surface area contributed by atoms with Crippen molar-refractivity contribution in [3.63, 3.8) is 0 Å². The Kier molecular flexibility index (Phi) is 7.00. The van der Waals surface area contributed by atoms with E-state index < -0.39 is 16.1 Å². The molecule has 94 valence electrons. The zero-order valence-electron chi connectivity index (χ0n) is 9.44. The van der Waals surface area contributed by atoms with Crippen molar-refractivity contribution < 1.29 is 22.5 Å². The predicted octanol–water partition coefficient (Wildman–Crippen LogP) is 1.55. The van der Waals surface area contributed by atoms with Gasteiger partial charge in [-0.3, -0.25) is 4.55 Å². The molecule has 0 aromatic heterocycles. The highest BCUT2D eigenvalue weighted by molar-refractivity contribution is 7.85. The van der Waals surface area contributed by atoms with E-state index in [2.05, 4.69) is 6.58 Å². The molecule has 0 rings (SSSR count). The van der Waals surface area contributed by atoms with E-state index in [-0.39, 0.29) is 5.75 Å². The molecule has 0 aromatic rings. The summed E-state index contributed by atoms with van der Waals surface area (Å²) in [4.78, 5) is 10.9. The summed E-state index contributed by atoms with van der Waals surface area (Å²) in [6.45, 7) is 5.34. The van der Waals surface area contributed by atoms with E-state index in [0.717, 1.165) is 6.42 Å². The topological polar surface area (TPSA) is 80.7 Å². The second-order valence-corrected chi connectivity index (χ2v) is 5.19. The lowest BCUT2D eigenvalue weighted by molar-refractivity contribution is -0.139. The number of hydrogen-bond acceptors (Lipinski definition) is 4. The summed E-state index contributed by atoms with van der Waals surface area (Å²) in [5.74, 6) is -0.614. The van der Waals surface area contributed by atoms with E-state index in [4.69, 9.17) is 9.29 Å². The highest BCUT2D eigenvalue weighted by Crippen LogP contribution is 2.03. The molecule has 0 amide bonds. The van der Waals surface area contributed by atoms with Crippen molar-refractivity contribution in [2.45, 2.75) is 32.6 Å². The van der Waals surface area contributed by atoms with Crippen molar-refractivity contribution in [2.24, 2.45) is 0 Å². The Bertz CT molecular complexity index is 331. The molecular weight excluding hydrogens is 232 g/mol. The fraction of sp³-hybridized carbons (Fsp3) is 0.700. The number of hydrogen-bond donors (Lipinski definition) is 1. The third-order valence-electron chi connectivity index (χ3n) is 1.88. The SMILES string of the molecule is C=C(C)C(=O)OCCCCCCS(=O)(=O)O. The summed E-state index contributed by atoms with van der Waals surface area (Å²) in [7, 11) is -3.84. The van der Waals surface area contributed by atoms with E-state index in [9.17, 15) is 13.2 Å². The summed E-state index contributed by atoms with van der Waals surface area (Å²) < 4.78 is 34.0. The monoisotopic (exact) mass is 250 g/mol. The first-order valence-corrected chi connectivity index (χ1v) is 6.71. The first-order chi connectivity index (χ1) is 7.33. The van der Waals surface area contributed by atoms with Gasteiger partial charge in [0.25, 0.3) is 10.1 Å². The molecule has 0 aromatic carbocycles. The third kappa shape index (κ3) is 9.67. The van der Waals surface area contributed by atoms with Gasteiger partial charge in [0.15, 0.2) is 0 Å². The maximum absolute atomic E-state index is 10.9. The lowest BCUT2D eigenvalue weighted by Crippen LogP contribution is -2.06. The molecule has 0 radical (unpaired) electrons. The van der Waals surface area contributed by atoms with Crippen molar-refractivity contribution in [2.75, 3.05) is 12.4 Å². The average Bonchev–Trinajstić information content (AvgIpc) is 2.14. The summed E-state index contributed by atoms with van der Waals surface area (Å²) in [5.41, 5.74) is 0.367. The van der Waals surface area contributed by atoms with Crippen LogP contribution in [0.15, 0.2) is 12.2 Å². The zero-order valence-corrected chi connectivity index (χ0v) is 10.3. The molecular formula is C10H18O5S. The smallest absolute Gasteiger partial charge is 0.333 e. The molecule has 0 heterocycles. The molecule has 0 unspecified atom stereocenters. The van der Waals surface area contributed by atoms with Gasteiger partial charge in [0.1, 0.15) is 0 Å². The lowest BCUT2D eigenvalue weighted by Gasteiger charge is -2.03. The highest BCUT2D eigenvalue weighted by atomic mass is 32.2. The minimum absolute atomic E-state index is 0.210. The highest BCUT2D eigenvalue weighted by Gasteiger charge is 2.04. The van der Waals surface area contributed by atoms with Crippen LogP contribution >= 0.6 is 0 Å². The van der Waals surface area contributed by atoms with Crippen molar-refractivity contribution in [1.82, 2.24) is 0 Å². The molecule has 5 nitrogen and oxygen atoms in total. The normalized spacial score (nSPS) is 11.1. The van der Waals surface area contributed by atoms with Gasteiger partial charge in [-0.1, -0.05) is 19.4 Å². The summed E-state index contributed by atoms with van der Waals surface area (Å²) in [6.07, 6.45) is 2.56. The Morgan fingerprint density at radius 3 is 2.31 bits per heavy atom. The molecule has 0 saturated carbocycles. The van der Waals surface area contributed by atoms with Crippen LogP contribution in [0.5, 0.6) is 0 Å². The van der Waals surface area contributed by atoms with Crippen molar-refractivity contribution in [3.8, 4) is 0 Å². The van der Waals surface area contributed by atoms with Crippen molar-refractivity contribution >= 4 is 16.1 Å². The molecule has 0 aliphatic rings. The molecule has 0 spiro atoms. The van der Waals surface area contributed by atoms with Gasteiger partial charge in [0.2, 0.25) is 0 Å². The number of rotatable bonds is 8. The molecule has 0 aliphatic carbocycles. The summed E-state index contributed by atoms with van der Waals surface area (Å²) >= 11 is 0. The van der Waals surface area contributed by atoms with Gasteiger partial charge in [-0.05, 0) is 19.8 Å². The van der Waals surface area contributed by atoms with E-state index >= 15 is 0 Å². The average molecular weight is 250 g/mol. The maximum atomic E-state index is 10.9. The molecule has 0 atom stereocenters. The number of carbonyl (C=O) groups is 1. The summed E-state index contributed by atoms with van der Waals surface area (Å²) in [6, 6.07) is 0. The fourth-order valence-corrected chi connectivity index (χ4v) is 1.60. The predicted molar refractivity (Wildman–Crippen MR) is 60.7 cm³/mol. The molecule has 0 bridgehead atoms. The standard InChI is InChI=1S/C10H18O5S/c1-9(2)10(11)15-7-5-3-4-6-8-16(12,13)14/h1,3-8H2,2H3,(H,12,13,14). The quantitative estimate of drug-likeness (QED) is 0.306. The lowest BCUT2D eigenvalue weighted by atomic mass is 10.2. The van der Waals surface area contributed by atoms with E-state index in [1.54, 1.807) is 6.92 Å². The van der Waals surface area contributed by atoms with Gasteiger partial charge in [-0.2, -0.15) is 8.42 Å². The summed E-state index contributed by atoms with van der Waals surface area (Å²) in [5, 5.41) is 0. The Morgan fingerprint density at radius 2 is 1.81 bits per heavy atom. The Hall–Kier alpha value is -0.880. The van der Waals surface area contributed by atoms with Gasteiger partial charge >= 0.3 is 5.97 Å².